The summed E-state index contributed by atoms with van der Waals surface area (Å²) in [7, 11) is -3.85. The maximum Gasteiger partial charge on any atom is 0.319 e. The number of sulfonamides is 1. The first kappa shape index (κ1) is 15.9. The van der Waals surface area contributed by atoms with Crippen LogP contribution in [0.1, 0.15) is 13.3 Å². The van der Waals surface area contributed by atoms with E-state index in [2.05, 4.69) is 10.6 Å². The highest BCUT2D eigenvalue weighted by molar-refractivity contribution is 7.89. The summed E-state index contributed by atoms with van der Waals surface area (Å²) in [5.74, 6) is -1.03. The molecule has 0 radical (unpaired) electrons. The molecule has 0 fully saturated rings. The lowest BCUT2D eigenvalue weighted by molar-refractivity contribution is -0.137. The lowest BCUT2D eigenvalue weighted by atomic mass is 10.2. The van der Waals surface area contributed by atoms with E-state index >= 15 is 0 Å². The van der Waals surface area contributed by atoms with Gasteiger partial charge in [0.15, 0.2) is 0 Å². The second-order valence-corrected chi connectivity index (χ2v) is 5.73. The highest BCUT2D eigenvalue weighted by Gasteiger charge is 2.12. The zero-order valence-corrected chi connectivity index (χ0v) is 11.5. The Hall–Kier alpha value is -2.13. The highest BCUT2D eigenvalue weighted by atomic mass is 32.2. The van der Waals surface area contributed by atoms with E-state index in [1.54, 1.807) is 0 Å². The van der Waals surface area contributed by atoms with Crippen molar-refractivity contribution in [2.24, 2.45) is 5.14 Å². The van der Waals surface area contributed by atoms with Gasteiger partial charge in [-0.3, -0.25) is 4.79 Å². The number of anilines is 1. The average molecular weight is 301 g/mol. The van der Waals surface area contributed by atoms with Crippen LogP contribution in [0.4, 0.5) is 10.5 Å². The Kier molecular flexibility index (Phi) is 5.06. The molecular formula is C11H15N3O5S. The number of carbonyl (C=O) groups is 2. The van der Waals surface area contributed by atoms with Crippen molar-refractivity contribution in [2.75, 3.05) is 5.32 Å². The number of carboxylic acids is 1. The zero-order valence-electron chi connectivity index (χ0n) is 10.7. The third-order valence-electron chi connectivity index (χ3n) is 2.28. The fraction of sp³-hybridized carbons (Fsp3) is 0.273. The number of urea groups is 1. The van der Waals surface area contributed by atoms with Gasteiger partial charge in [-0.15, -0.1) is 0 Å². The molecule has 0 aliphatic heterocycles. The Bertz CT molecular complexity index is 614. The summed E-state index contributed by atoms with van der Waals surface area (Å²) in [6.07, 6.45) is -0.218. The molecule has 0 bridgehead atoms. The molecule has 5 N–H and O–H groups in total. The zero-order chi connectivity index (χ0) is 15.3. The molecule has 0 heterocycles. The van der Waals surface area contributed by atoms with Crippen LogP contribution in [0.2, 0.25) is 0 Å². The first-order valence-corrected chi connectivity index (χ1v) is 7.15. The van der Waals surface area contributed by atoms with Crippen molar-refractivity contribution >= 4 is 27.7 Å². The summed E-state index contributed by atoms with van der Waals surface area (Å²) >= 11 is 0. The smallest absolute Gasteiger partial charge is 0.319 e. The van der Waals surface area contributed by atoms with Crippen LogP contribution in [0.25, 0.3) is 0 Å². The van der Waals surface area contributed by atoms with Gasteiger partial charge >= 0.3 is 12.0 Å². The van der Waals surface area contributed by atoms with Crippen LogP contribution in [0.15, 0.2) is 29.2 Å². The number of benzene rings is 1. The molecule has 8 nitrogen and oxygen atoms in total. The number of hydrogen-bond acceptors (Lipinski definition) is 4. The maximum atomic E-state index is 11.6. The number of aliphatic carboxylic acids is 1. The average Bonchev–Trinajstić information content (AvgIpc) is 2.26. The molecule has 2 amide bonds. The fourth-order valence-electron chi connectivity index (χ4n) is 1.45. The lowest BCUT2D eigenvalue weighted by Gasteiger charge is -2.13. The molecule has 1 atom stereocenters. The number of hydrogen-bond donors (Lipinski definition) is 4. The van der Waals surface area contributed by atoms with Gasteiger partial charge in [-0.25, -0.2) is 18.4 Å². The quantitative estimate of drug-likeness (QED) is 0.620. The van der Waals surface area contributed by atoms with Gasteiger partial charge in [-0.2, -0.15) is 0 Å². The summed E-state index contributed by atoms with van der Waals surface area (Å²) < 4.78 is 22.3. The van der Waals surface area contributed by atoms with Crippen molar-refractivity contribution in [3.05, 3.63) is 24.3 Å². The highest BCUT2D eigenvalue weighted by Crippen LogP contribution is 2.13. The van der Waals surface area contributed by atoms with Crippen LogP contribution in [0.3, 0.4) is 0 Å². The van der Waals surface area contributed by atoms with Gasteiger partial charge in [0.2, 0.25) is 10.0 Å². The van der Waals surface area contributed by atoms with Crippen LogP contribution in [0.5, 0.6) is 0 Å². The minimum atomic E-state index is -3.85. The molecule has 0 aliphatic rings. The Morgan fingerprint density at radius 2 is 2.05 bits per heavy atom. The Morgan fingerprint density at radius 1 is 1.40 bits per heavy atom. The molecule has 20 heavy (non-hydrogen) atoms. The van der Waals surface area contributed by atoms with Crippen LogP contribution >= 0.6 is 0 Å². The number of carbonyl (C=O) groups excluding carboxylic acids is 1. The molecule has 110 valence electrons. The van der Waals surface area contributed by atoms with Crippen molar-refractivity contribution < 1.29 is 23.1 Å². The molecule has 9 heteroatoms. The van der Waals surface area contributed by atoms with Crippen LogP contribution in [0, 0.1) is 0 Å². The molecular weight excluding hydrogens is 286 g/mol. The van der Waals surface area contributed by atoms with E-state index in [1.165, 1.54) is 31.2 Å². The van der Waals surface area contributed by atoms with Gasteiger partial charge in [0.1, 0.15) is 0 Å². The van der Waals surface area contributed by atoms with Crippen molar-refractivity contribution in [3.8, 4) is 0 Å². The van der Waals surface area contributed by atoms with Gasteiger partial charge in [0.25, 0.3) is 0 Å². The van der Waals surface area contributed by atoms with Crippen LogP contribution in [-0.4, -0.2) is 31.6 Å². The first-order chi connectivity index (χ1) is 9.18. The predicted octanol–water partition coefficient (Wildman–Crippen LogP) is 0.319. The number of amides is 2. The maximum absolute atomic E-state index is 11.6. The van der Waals surface area contributed by atoms with Gasteiger partial charge in [0.05, 0.1) is 11.3 Å². The Labute approximate surface area is 116 Å². The summed E-state index contributed by atoms with van der Waals surface area (Å²) in [6.45, 7) is 1.54. The number of nitrogens with one attached hydrogen (secondary N) is 2. The monoisotopic (exact) mass is 301 g/mol. The molecule has 1 aromatic carbocycles. The predicted molar refractivity (Wildman–Crippen MR) is 71.7 cm³/mol. The molecule has 1 unspecified atom stereocenters. The normalized spacial score (nSPS) is 12.5. The van der Waals surface area contributed by atoms with E-state index in [0.717, 1.165) is 0 Å². The molecule has 0 saturated heterocycles. The number of carboxylic acid groups (broad SMARTS) is 1. The van der Waals surface area contributed by atoms with E-state index in [9.17, 15) is 18.0 Å². The second-order valence-electron chi connectivity index (χ2n) is 4.17. The third kappa shape index (κ3) is 5.24. The molecule has 1 aromatic rings. The Balaban J connectivity index is 2.69. The van der Waals surface area contributed by atoms with Crippen LogP contribution in [-0.2, 0) is 14.8 Å². The molecule has 0 saturated carbocycles. The molecule has 1 rings (SSSR count). The van der Waals surface area contributed by atoms with E-state index in [-0.39, 0.29) is 17.0 Å². The van der Waals surface area contributed by atoms with Crippen molar-refractivity contribution in [2.45, 2.75) is 24.3 Å². The SMILES string of the molecule is CC(CC(=O)O)NC(=O)Nc1cccc(S(N)(=O)=O)c1. The van der Waals surface area contributed by atoms with E-state index in [0.29, 0.717) is 0 Å². The largest absolute Gasteiger partial charge is 0.481 e. The lowest BCUT2D eigenvalue weighted by Crippen LogP contribution is -2.37. The summed E-state index contributed by atoms with van der Waals surface area (Å²) in [5.41, 5.74) is 0.233. The second kappa shape index (κ2) is 6.35. The van der Waals surface area contributed by atoms with E-state index < -0.39 is 28.1 Å². The summed E-state index contributed by atoms with van der Waals surface area (Å²) in [4.78, 5) is 21.9. The number of nitrogens with two attached hydrogens (primary N) is 1. The summed E-state index contributed by atoms with van der Waals surface area (Å²) in [6, 6.07) is 4.22. The fourth-order valence-corrected chi connectivity index (χ4v) is 2.01. The molecule has 0 aromatic heterocycles. The minimum absolute atomic E-state index is 0.131. The van der Waals surface area contributed by atoms with Gasteiger partial charge in [-0.05, 0) is 25.1 Å². The standard InChI is InChI=1S/C11H15N3O5S/c1-7(5-10(15)16)13-11(17)14-8-3-2-4-9(6-8)20(12,18)19/h2-4,6-7H,5H2,1H3,(H,15,16)(H2,12,18,19)(H2,13,14,17). The van der Waals surface area contributed by atoms with Crippen molar-refractivity contribution in [1.82, 2.24) is 5.32 Å². The van der Waals surface area contributed by atoms with Crippen LogP contribution < -0.4 is 15.8 Å². The Morgan fingerprint density at radius 3 is 2.60 bits per heavy atom. The minimum Gasteiger partial charge on any atom is -0.481 e. The van der Waals surface area contributed by atoms with Crippen molar-refractivity contribution in [3.63, 3.8) is 0 Å². The van der Waals surface area contributed by atoms with Gasteiger partial charge < -0.3 is 15.7 Å². The topological polar surface area (TPSA) is 139 Å². The van der Waals surface area contributed by atoms with Gasteiger partial charge in [0, 0.05) is 11.7 Å². The van der Waals surface area contributed by atoms with E-state index in [4.69, 9.17) is 10.2 Å². The van der Waals surface area contributed by atoms with E-state index in [1.807, 2.05) is 0 Å². The summed E-state index contributed by atoms with van der Waals surface area (Å²) in [5, 5.41) is 18.3. The van der Waals surface area contributed by atoms with Crippen molar-refractivity contribution in [1.29, 1.82) is 0 Å². The molecule has 0 spiro atoms. The first-order valence-electron chi connectivity index (χ1n) is 5.60. The number of rotatable bonds is 5. The number of primary sulfonamides is 1. The van der Waals surface area contributed by atoms with Gasteiger partial charge in [-0.1, -0.05) is 6.07 Å². The molecule has 0 aliphatic carbocycles. The third-order valence-corrected chi connectivity index (χ3v) is 3.19.